The number of alkyl halides is 3. The van der Waals surface area contributed by atoms with Crippen LogP contribution < -0.4 is 0 Å². The van der Waals surface area contributed by atoms with E-state index >= 15 is 0 Å². The number of hydrogen-bond donors (Lipinski definition) is 0. The molecule has 2 nitrogen and oxygen atoms in total. The monoisotopic (exact) mass is 298 g/mol. The summed E-state index contributed by atoms with van der Waals surface area (Å²) in [6.45, 7) is 5.97. The molecule has 0 amide bonds. The molecule has 0 heterocycles. The maximum Gasteiger partial charge on any atom is 0.225 e. The first kappa shape index (κ1) is 14.3. The molecule has 0 spiro atoms. The molecule has 0 saturated heterocycles. The fourth-order valence-corrected chi connectivity index (χ4v) is 3.33. The Morgan fingerprint density at radius 1 is 1.19 bits per heavy atom. The van der Waals surface area contributed by atoms with Gasteiger partial charge in [0.25, 0.3) is 0 Å². The Labute approximate surface area is 111 Å². The molecule has 0 bridgehead atoms. The summed E-state index contributed by atoms with van der Waals surface area (Å²) in [5.41, 5.74) is -1.14. The van der Waals surface area contributed by atoms with Crippen molar-refractivity contribution in [2.24, 2.45) is 0 Å². The third-order valence-corrected chi connectivity index (χ3v) is 3.74. The molecule has 0 radical (unpaired) electrons. The Balaban J connectivity index is 3.11. The summed E-state index contributed by atoms with van der Waals surface area (Å²) in [7, 11) is -1.92. The number of allylic oxidation sites excluding steroid dienone is 2. The molecule has 0 fully saturated rings. The summed E-state index contributed by atoms with van der Waals surface area (Å²) in [5.74, 6) is -0.135. The van der Waals surface area contributed by atoms with Crippen molar-refractivity contribution in [2.45, 2.75) is 29.0 Å². The van der Waals surface area contributed by atoms with Crippen LogP contribution in [-0.4, -0.2) is 23.5 Å². The molecule has 0 atom stereocenters. The van der Waals surface area contributed by atoms with E-state index in [1.165, 1.54) is 24.3 Å². The lowest BCUT2D eigenvalue weighted by molar-refractivity contribution is -0.110. The number of hydrogen-bond acceptors (Lipinski definition) is 2. The highest BCUT2D eigenvalue weighted by Crippen LogP contribution is 2.45. The van der Waals surface area contributed by atoms with Crippen LogP contribution in [0.5, 0.6) is 0 Å². The van der Waals surface area contributed by atoms with Gasteiger partial charge in [-0.05, 0) is 43.9 Å². The van der Waals surface area contributed by atoms with Crippen molar-refractivity contribution < 1.29 is 9.22 Å². The molecule has 0 aromatic rings. The number of carbonyl (C=O) groups excluding carboxylic acids is 1. The lowest BCUT2D eigenvalue weighted by atomic mass is 9.99. The summed E-state index contributed by atoms with van der Waals surface area (Å²) in [4.78, 5) is 11.1. The smallest absolute Gasteiger partial charge is 0.225 e. The van der Waals surface area contributed by atoms with E-state index in [1.807, 2.05) is 19.6 Å². The van der Waals surface area contributed by atoms with Gasteiger partial charge in [0.15, 0.2) is 14.1 Å². The van der Waals surface area contributed by atoms with Crippen LogP contribution in [0.4, 0.5) is 0 Å². The maximum atomic E-state index is 11.1. The van der Waals surface area contributed by atoms with E-state index in [-0.39, 0.29) is 5.78 Å². The van der Waals surface area contributed by atoms with E-state index in [4.69, 9.17) is 39.2 Å². The van der Waals surface area contributed by atoms with Gasteiger partial charge in [-0.2, -0.15) is 0 Å². The zero-order chi connectivity index (χ0) is 12.6. The summed E-state index contributed by atoms with van der Waals surface area (Å²) < 4.78 is 4.26. The highest BCUT2D eigenvalue weighted by Gasteiger charge is 2.49. The minimum atomic E-state index is -1.92. The van der Waals surface area contributed by atoms with Gasteiger partial charge in [0, 0.05) is 0 Å². The Morgan fingerprint density at radius 3 is 1.94 bits per heavy atom. The van der Waals surface area contributed by atoms with E-state index in [1.54, 1.807) is 0 Å². The lowest BCUT2D eigenvalue weighted by Gasteiger charge is -2.40. The Bertz CT molecular complexity index is 334. The zero-order valence-electron chi connectivity index (χ0n) is 9.26. The van der Waals surface area contributed by atoms with Crippen molar-refractivity contribution in [3.05, 3.63) is 24.3 Å². The number of halogens is 3. The summed E-state index contributed by atoms with van der Waals surface area (Å²) in [6.07, 6.45) is 5.76. The second-order valence-corrected chi connectivity index (χ2v) is 11.3. The zero-order valence-corrected chi connectivity index (χ0v) is 12.5. The van der Waals surface area contributed by atoms with E-state index in [9.17, 15) is 4.79 Å². The van der Waals surface area contributed by atoms with Gasteiger partial charge in [-0.25, -0.2) is 0 Å². The Kier molecular flexibility index (Phi) is 3.98. The van der Waals surface area contributed by atoms with Gasteiger partial charge >= 0.3 is 0 Å². The second kappa shape index (κ2) is 4.46. The van der Waals surface area contributed by atoms with Crippen LogP contribution in [0, 0.1) is 0 Å². The van der Waals surface area contributed by atoms with Crippen LogP contribution in [0.3, 0.4) is 0 Å². The molecule has 1 aliphatic rings. The first-order chi connectivity index (χ1) is 7.06. The van der Waals surface area contributed by atoms with Crippen molar-refractivity contribution in [3.63, 3.8) is 0 Å². The predicted molar refractivity (Wildman–Crippen MR) is 70.7 cm³/mol. The SMILES string of the molecule is C[Si](C)(C)OC1(C(Cl)(Cl)Cl)C=CC(=O)C=C1. The van der Waals surface area contributed by atoms with Crippen molar-refractivity contribution in [2.75, 3.05) is 0 Å². The molecule has 16 heavy (non-hydrogen) atoms. The fraction of sp³-hybridized carbons (Fsp3) is 0.500. The molecule has 0 unspecified atom stereocenters. The molecule has 6 heteroatoms. The van der Waals surface area contributed by atoms with E-state index in [0.29, 0.717) is 0 Å². The van der Waals surface area contributed by atoms with Gasteiger partial charge in [-0.15, -0.1) is 0 Å². The van der Waals surface area contributed by atoms with Crippen LogP contribution in [-0.2, 0) is 9.22 Å². The third-order valence-electron chi connectivity index (χ3n) is 1.91. The molecule has 0 aromatic carbocycles. The quantitative estimate of drug-likeness (QED) is 0.575. The van der Waals surface area contributed by atoms with E-state index < -0.39 is 17.7 Å². The molecule has 0 N–H and O–H groups in total. The highest BCUT2D eigenvalue weighted by atomic mass is 35.6. The van der Waals surface area contributed by atoms with Gasteiger partial charge in [0.05, 0.1) is 0 Å². The minimum Gasteiger partial charge on any atom is -0.401 e. The molecule has 0 aliphatic heterocycles. The van der Waals surface area contributed by atoms with Gasteiger partial charge in [-0.1, -0.05) is 34.8 Å². The molecular formula is C10H13Cl3O2Si. The predicted octanol–water partition coefficient (Wildman–Crippen LogP) is 3.64. The van der Waals surface area contributed by atoms with Crippen molar-refractivity contribution in [3.8, 4) is 0 Å². The topological polar surface area (TPSA) is 26.3 Å². The van der Waals surface area contributed by atoms with E-state index in [2.05, 4.69) is 0 Å². The second-order valence-electron chi connectivity index (χ2n) is 4.57. The highest BCUT2D eigenvalue weighted by molar-refractivity contribution is 6.72. The largest absolute Gasteiger partial charge is 0.401 e. The van der Waals surface area contributed by atoms with Crippen molar-refractivity contribution in [1.29, 1.82) is 0 Å². The molecule has 0 aromatic heterocycles. The maximum absolute atomic E-state index is 11.1. The van der Waals surface area contributed by atoms with E-state index in [0.717, 1.165) is 0 Å². The number of ketones is 1. The van der Waals surface area contributed by atoms with Crippen LogP contribution in [0.2, 0.25) is 19.6 Å². The first-order valence-corrected chi connectivity index (χ1v) is 9.29. The van der Waals surface area contributed by atoms with Crippen LogP contribution in [0.25, 0.3) is 0 Å². The standard InChI is InChI=1S/C10H13Cl3O2Si/c1-16(2,3)15-9(10(11,12)13)6-4-8(14)5-7-9/h4-7H,1-3H3. The Hall–Kier alpha value is 0.197. The van der Waals surface area contributed by atoms with Crippen molar-refractivity contribution in [1.82, 2.24) is 0 Å². The first-order valence-electron chi connectivity index (χ1n) is 4.75. The van der Waals surface area contributed by atoms with Crippen LogP contribution in [0.1, 0.15) is 0 Å². The lowest BCUT2D eigenvalue weighted by Crippen LogP contribution is -2.49. The minimum absolute atomic E-state index is 0.135. The molecule has 1 aliphatic carbocycles. The number of carbonyl (C=O) groups is 1. The van der Waals surface area contributed by atoms with Gasteiger partial charge in [-0.3, -0.25) is 4.79 Å². The summed E-state index contributed by atoms with van der Waals surface area (Å²) in [5, 5.41) is 0. The van der Waals surface area contributed by atoms with Crippen molar-refractivity contribution >= 4 is 48.9 Å². The van der Waals surface area contributed by atoms with Crippen LogP contribution >= 0.6 is 34.8 Å². The molecular weight excluding hydrogens is 287 g/mol. The fourth-order valence-electron chi connectivity index (χ4n) is 1.34. The summed E-state index contributed by atoms with van der Waals surface area (Å²) in [6, 6.07) is 0. The molecule has 90 valence electrons. The van der Waals surface area contributed by atoms with Gasteiger partial charge in [0.1, 0.15) is 5.60 Å². The molecule has 1 rings (SSSR count). The van der Waals surface area contributed by atoms with Crippen LogP contribution in [0.15, 0.2) is 24.3 Å². The average Bonchev–Trinajstić information content (AvgIpc) is 2.05. The molecule has 0 saturated carbocycles. The summed E-state index contributed by atoms with van der Waals surface area (Å²) >= 11 is 17.8. The van der Waals surface area contributed by atoms with Gasteiger partial charge < -0.3 is 4.43 Å². The Morgan fingerprint density at radius 2 is 1.62 bits per heavy atom. The normalized spacial score (nSPS) is 20.2. The third kappa shape index (κ3) is 3.34. The van der Waals surface area contributed by atoms with Gasteiger partial charge in [0.2, 0.25) is 3.79 Å². The average molecular weight is 300 g/mol. The number of rotatable bonds is 2.